The fourth-order valence-electron chi connectivity index (χ4n) is 2.82. The van der Waals surface area contributed by atoms with Crippen LogP contribution >= 0.6 is 0 Å². The molecule has 0 unspecified atom stereocenters. The molecule has 140 valence electrons. The fourth-order valence-corrected chi connectivity index (χ4v) is 4.36. The summed E-state index contributed by atoms with van der Waals surface area (Å²) >= 11 is 0. The number of aliphatic carboxylic acids is 1. The van der Waals surface area contributed by atoms with Crippen molar-refractivity contribution in [1.82, 2.24) is 0 Å². The number of benzene rings is 2. The molecule has 1 N–H and O–H groups in total. The molecule has 2 aromatic rings. The van der Waals surface area contributed by atoms with E-state index in [9.17, 15) is 17.6 Å². The average molecular weight is 379 g/mol. The Morgan fingerprint density at radius 2 is 1.58 bits per heavy atom. The molecule has 0 aliphatic carbocycles. The van der Waals surface area contributed by atoms with Crippen molar-refractivity contribution in [3.8, 4) is 0 Å². The predicted octanol–water partition coefficient (Wildman–Crippen LogP) is 3.62. The van der Waals surface area contributed by atoms with Crippen LogP contribution in [-0.4, -0.2) is 26.0 Å². The molecule has 7 heteroatoms. The van der Waals surface area contributed by atoms with Crippen LogP contribution in [0, 0.1) is 5.82 Å². The van der Waals surface area contributed by atoms with E-state index in [1.807, 2.05) is 32.0 Å². The summed E-state index contributed by atoms with van der Waals surface area (Å²) in [7, 11) is -4.03. The van der Waals surface area contributed by atoms with Crippen molar-refractivity contribution in [3.63, 3.8) is 0 Å². The molecular formula is C19H22FNO4S. The van der Waals surface area contributed by atoms with Gasteiger partial charge >= 0.3 is 5.97 Å². The van der Waals surface area contributed by atoms with Gasteiger partial charge < -0.3 is 5.11 Å². The Kier molecular flexibility index (Phi) is 6.37. The fraction of sp³-hybridized carbons (Fsp3) is 0.316. The Labute approximate surface area is 153 Å². The smallest absolute Gasteiger partial charge is 0.305 e. The van der Waals surface area contributed by atoms with E-state index in [4.69, 9.17) is 5.11 Å². The number of hydrogen-bond acceptors (Lipinski definition) is 3. The molecule has 0 saturated heterocycles. The number of carboxylic acid groups (broad SMARTS) is 1. The third-order valence-electron chi connectivity index (χ3n) is 4.14. The third kappa shape index (κ3) is 4.22. The maximum atomic E-state index is 13.2. The molecule has 0 radical (unpaired) electrons. The normalized spacial score (nSPS) is 11.3. The van der Waals surface area contributed by atoms with E-state index < -0.39 is 21.8 Å². The van der Waals surface area contributed by atoms with Crippen molar-refractivity contribution >= 4 is 21.7 Å². The van der Waals surface area contributed by atoms with Crippen molar-refractivity contribution in [1.29, 1.82) is 0 Å². The molecule has 5 nitrogen and oxygen atoms in total. The number of rotatable bonds is 8. The molecule has 0 amide bonds. The van der Waals surface area contributed by atoms with Gasteiger partial charge in [0, 0.05) is 6.54 Å². The van der Waals surface area contributed by atoms with Crippen LogP contribution in [0.25, 0.3) is 0 Å². The lowest BCUT2D eigenvalue weighted by Gasteiger charge is -2.28. The van der Waals surface area contributed by atoms with E-state index >= 15 is 0 Å². The Morgan fingerprint density at radius 3 is 2.04 bits per heavy atom. The second kappa shape index (κ2) is 8.31. The maximum Gasteiger partial charge on any atom is 0.305 e. The molecule has 0 saturated carbocycles. The molecule has 0 bridgehead atoms. The average Bonchev–Trinajstić information content (AvgIpc) is 2.61. The van der Waals surface area contributed by atoms with Crippen LogP contribution in [0.2, 0.25) is 0 Å². The van der Waals surface area contributed by atoms with Gasteiger partial charge in [0.2, 0.25) is 0 Å². The Bertz CT molecular complexity index is 857. The SMILES string of the molecule is CCc1cccc(CC)c1N(CCC(=O)O)S(=O)(=O)c1ccc(F)cc1. The van der Waals surface area contributed by atoms with Gasteiger partial charge in [-0.15, -0.1) is 0 Å². The number of hydrogen-bond donors (Lipinski definition) is 1. The van der Waals surface area contributed by atoms with Crippen molar-refractivity contribution in [2.75, 3.05) is 10.8 Å². The van der Waals surface area contributed by atoms with E-state index in [2.05, 4.69) is 0 Å². The third-order valence-corrected chi connectivity index (χ3v) is 5.96. The number of nitrogens with zero attached hydrogens (tertiary/aromatic N) is 1. The largest absolute Gasteiger partial charge is 0.481 e. The first-order valence-corrected chi connectivity index (χ1v) is 9.86. The van der Waals surface area contributed by atoms with Crippen molar-refractivity contribution in [2.45, 2.75) is 38.0 Å². The number of para-hydroxylation sites is 1. The van der Waals surface area contributed by atoms with Crippen molar-refractivity contribution in [3.05, 3.63) is 59.4 Å². The van der Waals surface area contributed by atoms with E-state index in [0.717, 1.165) is 27.6 Å². The lowest BCUT2D eigenvalue weighted by atomic mass is 10.0. The molecule has 2 aromatic carbocycles. The van der Waals surface area contributed by atoms with Crippen LogP contribution in [0.4, 0.5) is 10.1 Å². The minimum Gasteiger partial charge on any atom is -0.481 e. The van der Waals surface area contributed by atoms with E-state index in [0.29, 0.717) is 18.5 Å². The number of sulfonamides is 1. The lowest BCUT2D eigenvalue weighted by Crippen LogP contribution is -2.34. The zero-order chi connectivity index (χ0) is 19.3. The highest BCUT2D eigenvalue weighted by Crippen LogP contribution is 2.32. The monoisotopic (exact) mass is 379 g/mol. The van der Waals surface area contributed by atoms with Crippen LogP contribution in [0.3, 0.4) is 0 Å². The van der Waals surface area contributed by atoms with Crippen LogP contribution in [0.1, 0.15) is 31.4 Å². The molecule has 0 fully saturated rings. The zero-order valence-electron chi connectivity index (χ0n) is 14.8. The molecular weight excluding hydrogens is 357 g/mol. The van der Waals surface area contributed by atoms with Gasteiger partial charge in [0.15, 0.2) is 0 Å². The van der Waals surface area contributed by atoms with Gasteiger partial charge in [-0.25, -0.2) is 12.8 Å². The van der Waals surface area contributed by atoms with Crippen LogP contribution in [-0.2, 0) is 27.7 Å². The standard InChI is InChI=1S/C19H22FNO4S/c1-3-14-6-5-7-15(4-2)19(14)21(13-12-18(22)23)26(24,25)17-10-8-16(20)9-11-17/h5-11H,3-4,12-13H2,1-2H3,(H,22,23). The first-order chi connectivity index (χ1) is 12.3. The van der Waals surface area contributed by atoms with Gasteiger partial charge in [-0.1, -0.05) is 32.0 Å². The first kappa shape index (κ1) is 19.9. The Balaban J connectivity index is 2.64. The topological polar surface area (TPSA) is 74.7 Å². The summed E-state index contributed by atoms with van der Waals surface area (Å²) in [5, 5.41) is 9.06. The predicted molar refractivity (Wildman–Crippen MR) is 98.4 cm³/mol. The van der Waals surface area contributed by atoms with Gasteiger partial charge in [-0.3, -0.25) is 9.10 Å². The molecule has 0 aliphatic rings. The van der Waals surface area contributed by atoms with Crippen LogP contribution in [0.5, 0.6) is 0 Å². The highest BCUT2D eigenvalue weighted by molar-refractivity contribution is 7.92. The summed E-state index contributed by atoms with van der Waals surface area (Å²) in [5.74, 6) is -1.62. The number of carbonyl (C=O) groups is 1. The quantitative estimate of drug-likeness (QED) is 0.760. The van der Waals surface area contributed by atoms with Gasteiger partial charge in [0.05, 0.1) is 17.0 Å². The summed E-state index contributed by atoms with van der Waals surface area (Å²) in [6, 6.07) is 10.1. The van der Waals surface area contributed by atoms with Crippen molar-refractivity contribution < 1.29 is 22.7 Å². The zero-order valence-corrected chi connectivity index (χ0v) is 15.6. The molecule has 0 aromatic heterocycles. The molecule has 26 heavy (non-hydrogen) atoms. The van der Waals surface area contributed by atoms with E-state index in [1.54, 1.807) is 0 Å². The summed E-state index contributed by atoms with van der Waals surface area (Å²) < 4.78 is 40.8. The highest BCUT2D eigenvalue weighted by Gasteiger charge is 2.28. The number of carboxylic acids is 1. The van der Waals surface area contributed by atoms with Gasteiger partial charge in [-0.2, -0.15) is 0 Å². The Morgan fingerprint density at radius 1 is 1.04 bits per heavy atom. The van der Waals surface area contributed by atoms with Gasteiger partial charge in [0.25, 0.3) is 10.0 Å². The summed E-state index contributed by atoms with van der Waals surface area (Å²) in [5.41, 5.74) is 2.16. The molecule has 0 heterocycles. The van der Waals surface area contributed by atoms with Crippen molar-refractivity contribution in [2.24, 2.45) is 0 Å². The number of anilines is 1. The number of halogens is 1. The molecule has 2 rings (SSSR count). The van der Waals surface area contributed by atoms with E-state index in [-0.39, 0.29) is 17.9 Å². The maximum absolute atomic E-state index is 13.2. The summed E-state index contributed by atoms with van der Waals surface area (Å²) in [6.45, 7) is 3.63. The minimum atomic E-state index is -4.03. The van der Waals surface area contributed by atoms with Gasteiger partial charge in [-0.05, 0) is 48.2 Å². The highest BCUT2D eigenvalue weighted by atomic mass is 32.2. The summed E-state index contributed by atoms with van der Waals surface area (Å²) in [6.07, 6.45) is 0.874. The lowest BCUT2D eigenvalue weighted by molar-refractivity contribution is -0.136. The Hall–Kier alpha value is -2.41. The molecule has 0 spiro atoms. The minimum absolute atomic E-state index is 0.0720. The van der Waals surface area contributed by atoms with Crippen LogP contribution in [0.15, 0.2) is 47.4 Å². The number of aryl methyl sites for hydroxylation is 2. The van der Waals surface area contributed by atoms with Gasteiger partial charge in [0.1, 0.15) is 5.82 Å². The second-order valence-electron chi connectivity index (χ2n) is 5.81. The first-order valence-electron chi connectivity index (χ1n) is 8.42. The molecule has 0 aliphatic heterocycles. The molecule has 0 atom stereocenters. The summed E-state index contributed by atoms with van der Waals surface area (Å²) in [4.78, 5) is 11.0. The second-order valence-corrected chi connectivity index (χ2v) is 7.67. The van der Waals surface area contributed by atoms with Crippen LogP contribution < -0.4 is 4.31 Å². The van der Waals surface area contributed by atoms with E-state index in [1.165, 1.54) is 12.1 Å².